The SMILES string of the molecule is O=C(COc1ccc(Cl)c(F)c1)CC12CC(Nc3cc(N4CCOCC4)ccn3)(C1)C2. The first-order chi connectivity index (χ1) is 14.9. The van der Waals surface area contributed by atoms with Crippen LogP contribution in [0.15, 0.2) is 36.5 Å². The van der Waals surface area contributed by atoms with Crippen molar-refractivity contribution in [2.24, 2.45) is 5.41 Å². The quantitative estimate of drug-likeness (QED) is 0.660. The number of rotatable bonds is 8. The van der Waals surface area contributed by atoms with Gasteiger partial charge in [0, 0.05) is 49.1 Å². The van der Waals surface area contributed by atoms with Gasteiger partial charge in [0.05, 0.1) is 18.2 Å². The Morgan fingerprint density at radius 3 is 2.74 bits per heavy atom. The summed E-state index contributed by atoms with van der Waals surface area (Å²) >= 11 is 5.67. The van der Waals surface area contributed by atoms with Crippen molar-refractivity contribution in [3.8, 4) is 5.75 Å². The number of carbonyl (C=O) groups is 1. The first kappa shape index (κ1) is 20.5. The highest BCUT2D eigenvalue weighted by atomic mass is 35.5. The van der Waals surface area contributed by atoms with E-state index >= 15 is 0 Å². The van der Waals surface area contributed by atoms with Gasteiger partial charge in [-0.3, -0.25) is 4.79 Å². The molecule has 1 saturated heterocycles. The molecular formula is C23H25ClFN3O3. The predicted molar refractivity (Wildman–Crippen MR) is 116 cm³/mol. The highest BCUT2D eigenvalue weighted by Gasteiger charge is 2.68. The van der Waals surface area contributed by atoms with E-state index in [1.54, 1.807) is 6.07 Å². The van der Waals surface area contributed by atoms with Crippen molar-refractivity contribution in [2.75, 3.05) is 43.1 Å². The van der Waals surface area contributed by atoms with Gasteiger partial charge >= 0.3 is 0 Å². The molecule has 0 spiro atoms. The van der Waals surface area contributed by atoms with Crippen LogP contribution in [-0.2, 0) is 9.53 Å². The number of benzene rings is 1. The van der Waals surface area contributed by atoms with Gasteiger partial charge in [-0.1, -0.05) is 11.6 Å². The predicted octanol–water partition coefficient (Wildman–Crippen LogP) is 4.08. The lowest BCUT2D eigenvalue weighted by Crippen LogP contribution is -2.71. The second kappa shape index (κ2) is 7.95. The molecule has 4 aliphatic rings. The van der Waals surface area contributed by atoms with Gasteiger partial charge in [-0.25, -0.2) is 9.37 Å². The summed E-state index contributed by atoms with van der Waals surface area (Å²) in [5.41, 5.74) is 1.28. The Morgan fingerprint density at radius 1 is 1.23 bits per heavy atom. The zero-order valence-electron chi connectivity index (χ0n) is 17.2. The minimum absolute atomic E-state index is 0.0373. The average Bonchev–Trinajstić information content (AvgIpc) is 2.73. The Labute approximate surface area is 185 Å². The number of aromatic nitrogens is 1. The second-order valence-corrected chi connectivity index (χ2v) is 9.42. The molecule has 31 heavy (non-hydrogen) atoms. The molecular weight excluding hydrogens is 421 g/mol. The Hall–Kier alpha value is -2.38. The van der Waals surface area contributed by atoms with Gasteiger partial charge in [-0.05, 0) is 42.9 Å². The van der Waals surface area contributed by atoms with Crippen LogP contribution < -0.4 is 15.0 Å². The van der Waals surface area contributed by atoms with Crippen LogP contribution in [0.3, 0.4) is 0 Å². The largest absolute Gasteiger partial charge is 0.486 e. The van der Waals surface area contributed by atoms with E-state index in [1.807, 2.05) is 12.3 Å². The molecule has 1 aromatic heterocycles. The summed E-state index contributed by atoms with van der Waals surface area (Å²) in [5.74, 6) is 0.690. The van der Waals surface area contributed by atoms with Crippen molar-refractivity contribution in [1.82, 2.24) is 4.98 Å². The zero-order valence-corrected chi connectivity index (χ0v) is 18.0. The monoisotopic (exact) mass is 445 g/mol. The molecule has 3 saturated carbocycles. The number of Topliss-reactive ketones (excluding diaryl/α,β-unsaturated/α-hetero) is 1. The van der Waals surface area contributed by atoms with E-state index in [-0.39, 0.29) is 28.4 Å². The fraction of sp³-hybridized carbons (Fsp3) is 0.478. The highest BCUT2D eigenvalue weighted by Crippen LogP contribution is 2.70. The molecule has 1 N–H and O–H groups in total. The topological polar surface area (TPSA) is 63.7 Å². The standard InChI is InChI=1S/C23H25ClFN3O3/c24-19-2-1-18(10-20(19)25)31-12-17(29)11-22-13-23(14-22,15-22)27-21-9-16(3-4-26-21)28-5-7-30-8-6-28/h1-4,9-10H,5-8,11-15H2,(H,26,27). The van der Waals surface area contributed by atoms with Gasteiger partial charge in [0.25, 0.3) is 0 Å². The van der Waals surface area contributed by atoms with Crippen LogP contribution in [0.25, 0.3) is 0 Å². The summed E-state index contributed by atoms with van der Waals surface area (Å²) in [7, 11) is 0. The maximum absolute atomic E-state index is 13.5. The van der Waals surface area contributed by atoms with Gasteiger partial charge in [-0.2, -0.15) is 0 Å². The van der Waals surface area contributed by atoms with Gasteiger partial charge in [0.2, 0.25) is 0 Å². The van der Waals surface area contributed by atoms with Crippen LogP contribution in [0.1, 0.15) is 25.7 Å². The summed E-state index contributed by atoms with van der Waals surface area (Å²) in [5, 5.41) is 3.64. The molecule has 0 amide bonds. The van der Waals surface area contributed by atoms with Gasteiger partial charge < -0.3 is 19.7 Å². The number of ether oxygens (including phenoxy) is 2. The Balaban J connectivity index is 1.10. The van der Waals surface area contributed by atoms with Crippen LogP contribution >= 0.6 is 11.6 Å². The normalized spacial score (nSPS) is 26.6. The Kier molecular flexibility index (Phi) is 5.26. The maximum atomic E-state index is 13.5. The van der Waals surface area contributed by atoms with Gasteiger partial charge in [0.1, 0.15) is 24.0 Å². The van der Waals surface area contributed by atoms with Crippen molar-refractivity contribution < 1.29 is 18.7 Å². The number of hydrogen-bond acceptors (Lipinski definition) is 6. The Morgan fingerprint density at radius 2 is 2.00 bits per heavy atom. The third-order valence-corrected chi connectivity index (χ3v) is 6.82. The fourth-order valence-corrected chi connectivity index (χ4v) is 5.41. The molecule has 4 fully saturated rings. The third kappa shape index (κ3) is 4.21. The van der Waals surface area contributed by atoms with E-state index in [1.165, 1.54) is 12.1 Å². The minimum atomic E-state index is -0.551. The Bertz CT molecular complexity index is 976. The molecule has 2 aromatic rings. The van der Waals surface area contributed by atoms with E-state index in [4.69, 9.17) is 21.1 Å². The molecule has 0 unspecified atom stereocenters. The second-order valence-electron chi connectivity index (χ2n) is 9.01. The van der Waals surface area contributed by atoms with Crippen LogP contribution in [0.2, 0.25) is 5.02 Å². The van der Waals surface area contributed by atoms with E-state index in [2.05, 4.69) is 21.3 Å². The number of nitrogens with zero attached hydrogens (tertiary/aromatic N) is 2. The number of morpholine rings is 1. The lowest BCUT2D eigenvalue weighted by molar-refractivity contribution is -0.147. The summed E-state index contributed by atoms with van der Waals surface area (Å²) in [6.07, 6.45) is 5.23. The molecule has 6 rings (SSSR count). The molecule has 2 bridgehead atoms. The van der Waals surface area contributed by atoms with Crippen molar-refractivity contribution in [1.29, 1.82) is 0 Å². The number of carbonyl (C=O) groups excluding carboxylic acids is 1. The number of nitrogens with one attached hydrogen (secondary N) is 1. The molecule has 164 valence electrons. The number of hydrogen-bond donors (Lipinski definition) is 1. The maximum Gasteiger partial charge on any atom is 0.170 e. The lowest BCUT2D eigenvalue weighted by atomic mass is 9.38. The fourth-order valence-electron chi connectivity index (χ4n) is 5.30. The summed E-state index contributed by atoms with van der Waals surface area (Å²) in [6, 6.07) is 8.33. The molecule has 8 heteroatoms. The van der Waals surface area contributed by atoms with Gasteiger partial charge in [0.15, 0.2) is 5.78 Å². The summed E-state index contributed by atoms with van der Waals surface area (Å²) in [4.78, 5) is 19.2. The highest BCUT2D eigenvalue weighted by molar-refractivity contribution is 6.30. The number of anilines is 2. The van der Waals surface area contributed by atoms with Crippen LogP contribution in [0, 0.1) is 11.2 Å². The number of ketones is 1. The van der Waals surface area contributed by atoms with Gasteiger partial charge in [-0.15, -0.1) is 0 Å². The molecule has 0 atom stereocenters. The van der Waals surface area contributed by atoms with E-state index < -0.39 is 5.82 Å². The first-order valence-corrected chi connectivity index (χ1v) is 11.0. The number of halogens is 2. The smallest absolute Gasteiger partial charge is 0.170 e. The van der Waals surface area contributed by atoms with Crippen molar-refractivity contribution in [3.05, 3.63) is 47.4 Å². The summed E-state index contributed by atoms with van der Waals surface area (Å²) < 4.78 is 24.3. The van der Waals surface area contributed by atoms with E-state index in [0.717, 1.165) is 57.1 Å². The molecule has 2 heterocycles. The van der Waals surface area contributed by atoms with Crippen molar-refractivity contribution in [2.45, 2.75) is 31.2 Å². The van der Waals surface area contributed by atoms with Crippen LogP contribution in [0.4, 0.5) is 15.9 Å². The molecule has 0 radical (unpaired) electrons. The first-order valence-electron chi connectivity index (χ1n) is 10.6. The zero-order chi connectivity index (χ0) is 21.5. The van der Waals surface area contributed by atoms with Crippen molar-refractivity contribution >= 4 is 28.9 Å². The lowest BCUT2D eigenvalue weighted by Gasteiger charge is -2.71. The number of pyridine rings is 1. The third-order valence-electron chi connectivity index (χ3n) is 6.52. The van der Waals surface area contributed by atoms with E-state index in [0.29, 0.717) is 12.2 Å². The average molecular weight is 446 g/mol. The molecule has 3 aliphatic carbocycles. The molecule has 6 nitrogen and oxygen atoms in total. The van der Waals surface area contributed by atoms with Crippen LogP contribution in [-0.4, -0.2) is 49.2 Å². The minimum Gasteiger partial charge on any atom is -0.486 e. The molecule has 1 aromatic carbocycles. The van der Waals surface area contributed by atoms with Crippen LogP contribution in [0.5, 0.6) is 5.75 Å². The van der Waals surface area contributed by atoms with E-state index in [9.17, 15) is 9.18 Å². The summed E-state index contributed by atoms with van der Waals surface area (Å²) in [6.45, 7) is 3.24. The molecule has 1 aliphatic heterocycles. The van der Waals surface area contributed by atoms with Crippen molar-refractivity contribution in [3.63, 3.8) is 0 Å².